The topological polar surface area (TPSA) is 67.4 Å². The maximum Gasteiger partial charge on any atom is 0.244 e. The molecule has 0 saturated heterocycles. The minimum Gasteiger partial charge on any atom is -0.490 e. The number of benzene rings is 2. The molecule has 2 N–H and O–H groups in total. The molecule has 0 unspecified atom stereocenters. The molecule has 0 saturated carbocycles. The number of hydrogen-bond donors (Lipinski definition) is 2. The highest BCUT2D eigenvalue weighted by Crippen LogP contribution is 2.30. The van der Waals surface area contributed by atoms with Gasteiger partial charge in [0, 0.05) is 18.3 Å². The summed E-state index contributed by atoms with van der Waals surface area (Å²) in [5.74, 6) is 0.407. The summed E-state index contributed by atoms with van der Waals surface area (Å²) in [6, 6.07) is 14.7. The monoisotopic (exact) mass is 360 g/mol. The van der Waals surface area contributed by atoms with E-state index in [1.54, 1.807) is 18.2 Å². The van der Waals surface area contributed by atoms with Gasteiger partial charge in [-0.25, -0.2) is 13.1 Å². The molecule has 6 heteroatoms. The van der Waals surface area contributed by atoms with Crippen LogP contribution in [0.1, 0.15) is 25.3 Å². The molecule has 0 radical (unpaired) electrons. The second kappa shape index (κ2) is 7.89. The zero-order valence-electron chi connectivity index (χ0n) is 14.4. The van der Waals surface area contributed by atoms with Crippen LogP contribution in [0.2, 0.25) is 0 Å². The van der Waals surface area contributed by atoms with Crippen LogP contribution in [0.3, 0.4) is 0 Å². The normalized spacial score (nSPS) is 18.7. The Labute approximate surface area is 149 Å². The molecule has 3 rings (SSSR count). The van der Waals surface area contributed by atoms with Crippen LogP contribution in [0, 0.1) is 0 Å². The molecule has 0 aliphatic carbocycles. The molecule has 0 aromatic heterocycles. The SMILES string of the molecule is CCCCNc1ccc2c(c1)OC[C@@H](Cc1ccccc1)NS2(=O)=O. The Bertz CT molecular complexity index is 807. The Balaban J connectivity index is 1.77. The molecular formula is C19H24N2O3S. The number of sulfonamides is 1. The predicted molar refractivity (Wildman–Crippen MR) is 99.6 cm³/mol. The zero-order valence-corrected chi connectivity index (χ0v) is 15.2. The van der Waals surface area contributed by atoms with Gasteiger partial charge in [0.1, 0.15) is 17.3 Å². The van der Waals surface area contributed by atoms with Crippen LogP contribution in [-0.4, -0.2) is 27.6 Å². The van der Waals surface area contributed by atoms with Gasteiger partial charge in [-0.2, -0.15) is 0 Å². The molecule has 0 fully saturated rings. The summed E-state index contributed by atoms with van der Waals surface area (Å²) < 4.78 is 33.9. The highest BCUT2D eigenvalue weighted by atomic mass is 32.2. The van der Waals surface area contributed by atoms with Crippen molar-refractivity contribution in [3.8, 4) is 5.75 Å². The van der Waals surface area contributed by atoms with E-state index in [1.807, 2.05) is 30.3 Å². The quantitative estimate of drug-likeness (QED) is 0.777. The van der Waals surface area contributed by atoms with E-state index in [-0.39, 0.29) is 10.9 Å². The summed E-state index contributed by atoms with van der Waals surface area (Å²) in [5, 5.41) is 3.30. The zero-order chi connectivity index (χ0) is 17.7. The maximum absolute atomic E-state index is 12.7. The number of hydrogen-bond acceptors (Lipinski definition) is 4. The van der Waals surface area contributed by atoms with Crippen molar-refractivity contribution in [2.75, 3.05) is 18.5 Å². The molecule has 2 aromatic carbocycles. The largest absolute Gasteiger partial charge is 0.490 e. The second-order valence-electron chi connectivity index (χ2n) is 6.26. The van der Waals surface area contributed by atoms with Crippen molar-refractivity contribution in [3.05, 3.63) is 54.1 Å². The highest BCUT2D eigenvalue weighted by molar-refractivity contribution is 7.89. The van der Waals surface area contributed by atoms with Crippen molar-refractivity contribution in [2.24, 2.45) is 0 Å². The number of unbranched alkanes of at least 4 members (excludes halogenated alkanes) is 1. The van der Waals surface area contributed by atoms with Gasteiger partial charge >= 0.3 is 0 Å². The van der Waals surface area contributed by atoms with Crippen LogP contribution in [0.15, 0.2) is 53.4 Å². The van der Waals surface area contributed by atoms with E-state index in [4.69, 9.17) is 4.74 Å². The summed E-state index contributed by atoms with van der Waals surface area (Å²) >= 11 is 0. The lowest BCUT2D eigenvalue weighted by molar-refractivity contribution is 0.279. The fourth-order valence-corrected chi connectivity index (χ4v) is 4.22. The van der Waals surface area contributed by atoms with E-state index in [2.05, 4.69) is 17.0 Å². The standard InChI is InChI=1S/C19H24N2O3S/c1-2-3-11-20-16-9-10-19-18(13-16)24-14-17(21-25(19,22)23)12-15-7-5-4-6-8-15/h4-10,13,17,20-21H,2-3,11-12,14H2,1H3/t17-/m1/s1. The molecule has 1 atom stereocenters. The third-order valence-electron chi connectivity index (χ3n) is 4.18. The molecule has 5 nitrogen and oxygen atoms in total. The third kappa shape index (κ3) is 4.52. The van der Waals surface area contributed by atoms with E-state index in [1.165, 1.54) is 0 Å². The van der Waals surface area contributed by atoms with Crippen LogP contribution >= 0.6 is 0 Å². The molecule has 1 aliphatic heterocycles. The Morgan fingerprint density at radius 3 is 2.76 bits per heavy atom. The van der Waals surface area contributed by atoms with E-state index < -0.39 is 10.0 Å². The van der Waals surface area contributed by atoms with Gasteiger partial charge in [-0.3, -0.25) is 0 Å². The lowest BCUT2D eigenvalue weighted by atomic mass is 10.1. The first-order valence-corrected chi connectivity index (χ1v) is 10.1. The van der Waals surface area contributed by atoms with Gasteiger partial charge in [-0.15, -0.1) is 0 Å². The minimum absolute atomic E-state index is 0.198. The van der Waals surface area contributed by atoms with Gasteiger partial charge in [0.15, 0.2) is 0 Å². The molecule has 2 aromatic rings. The van der Waals surface area contributed by atoms with Crippen LogP contribution < -0.4 is 14.8 Å². The Morgan fingerprint density at radius 1 is 1.20 bits per heavy atom. The van der Waals surface area contributed by atoms with Crippen molar-refractivity contribution in [2.45, 2.75) is 37.1 Å². The lowest BCUT2D eigenvalue weighted by Gasteiger charge is -2.14. The van der Waals surface area contributed by atoms with Gasteiger partial charge in [-0.05, 0) is 30.5 Å². The van der Waals surface area contributed by atoms with E-state index in [0.717, 1.165) is 30.6 Å². The fourth-order valence-electron chi connectivity index (χ4n) is 2.87. The Morgan fingerprint density at radius 2 is 2.00 bits per heavy atom. The average Bonchev–Trinajstić information content (AvgIpc) is 2.72. The molecule has 0 amide bonds. The van der Waals surface area contributed by atoms with Gasteiger partial charge in [0.05, 0.1) is 6.04 Å². The van der Waals surface area contributed by atoms with Gasteiger partial charge < -0.3 is 10.1 Å². The van der Waals surface area contributed by atoms with E-state index in [0.29, 0.717) is 18.8 Å². The van der Waals surface area contributed by atoms with Gasteiger partial charge in [-0.1, -0.05) is 43.7 Å². The lowest BCUT2D eigenvalue weighted by Crippen LogP contribution is -2.38. The summed E-state index contributed by atoms with van der Waals surface area (Å²) in [6.45, 7) is 3.30. The molecular weight excluding hydrogens is 336 g/mol. The van der Waals surface area contributed by atoms with E-state index >= 15 is 0 Å². The fraction of sp³-hybridized carbons (Fsp3) is 0.368. The first-order chi connectivity index (χ1) is 12.1. The Kier molecular flexibility index (Phi) is 5.60. The molecule has 25 heavy (non-hydrogen) atoms. The van der Waals surface area contributed by atoms with Gasteiger partial charge in [0.25, 0.3) is 0 Å². The maximum atomic E-state index is 12.7. The van der Waals surface area contributed by atoms with Gasteiger partial charge in [0.2, 0.25) is 10.0 Å². The van der Waals surface area contributed by atoms with Crippen molar-refractivity contribution >= 4 is 15.7 Å². The molecule has 1 heterocycles. The second-order valence-corrected chi connectivity index (χ2v) is 7.94. The van der Waals surface area contributed by atoms with Crippen LogP contribution in [0.5, 0.6) is 5.75 Å². The van der Waals surface area contributed by atoms with Crippen molar-refractivity contribution in [3.63, 3.8) is 0 Å². The molecule has 134 valence electrons. The van der Waals surface area contributed by atoms with Crippen LogP contribution in [-0.2, 0) is 16.4 Å². The number of anilines is 1. The number of rotatable bonds is 6. The average molecular weight is 360 g/mol. The molecule has 1 aliphatic rings. The van der Waals surface area contributed by atoms with E-state index in [9.17, 15) is 8.42 Å². The minimum atomic E-state index is -3.59. The number of ether oxygens (including phenoxy) is 1. The summed E-state index contributed by atoms with van der Waals surface area (Å²) in [5.41, 5.74) is 1.95. The first-order valence-electron chi connectivity index (χ1n) is 8.65. The highest BCUT2D eigenvalue weighted by Gasteiger charge is 2.28. The van der Waals surface area contributed by atoms with Crippen molar-refractivity contribution < 1.29 is 13.2 Å². The molecule has 0 spiro atoms. The van der Waals surface area contributed by atoms with Crippen LogP contribution in [0.4, 0.5) is 5.69 Å². The smallest absolute Gasteiger partial charge is 0.244 e. The van der Waals surface area contributed by atoms with Crippen molar-refractivity contribution in [1.29, 1.82) is 0 Å². The summed E-state index contributed by atoms with van der Waals surface area (Å²) in [6.07, 6.45) is 2.76. The number of fused-ring (bicyclic) bond motifs is 1. The summed E-state index contributed by atoms with van der Waals surface area (Å²) in [4.78, 5) is 0.198. The predicted octanol–water partition coefficient (Wildman–Crippen LogP) is 3.18. The number of nitrogens with one attached hydrogen (secondary N) is 2. The Hall–Kier alpha value is -2.05. The van der Waals surface area contributed by atoms with Crippen LogP contribution in [0.25, 0.3) is 0 Å². The third-order valence-corrected chi connectivity index (χ3v) is 5.74. The molecule has 0 bridgehead atoms. The first kappa shape index (κ1) is 17.8. The summed E-state index contributed by atoms with van der Waals surface area (Å²) in [7, 11) is -3.59. The van der Waals surface area contributed by atoms with Crippen molar-refractivity contribution in [1.82, 2.24) is 4.72 Å².